The quantitative estimate of drug-likeness (QED) is 0.699. The van der Waals surface area contributed by atoms with E-state index in [0.29, 0.717) is 30.8 Å². The first-order chi connectivity index (χ1) is 8.99. The molecule has 1 aliphatic heterocycles. The summed E-state index contributed by atoms with van der Waals surface area (Å²) in [6.45, 7) is 4.90. The van der Waals surface area contributed by atoms with E-state index in [2.05, 4.69) is 17.0 Å². The number of piperidine rings is 1. The molecular formula is C12H27N3O2S2. The molecule has 0 aliphatic carbocycles. The topological polar surface area (TPSA) is 61.4 Å². The highest BCUT2D eigenvalue weighted by Crippen LogP contribution is 2.18. The van der Waals surface area contributed by atoms with Gasteiger partial charge in [-0.15, -0.1) is 0 Å². The van der Waals surface area contributed by atoms with Crippen LogP contribution in [0.5, 0.6) is 0 Å². The van der Waals surface area contributed by atoms with Gasteiger partial charge in [-0.1, -0.05) is 6.92 Å². The van der Waals surface area contributed by atoms with E-state index in [1.54, 1.807) is 16.1 Å². The molecule has 0 saturated carbocycles. The summed E-state index contributed by atoms with van der Waals surface area (Å²) in [7, 11) is -1.33. The zero-order chi connectivity index (χ0) is 14.3. The van der Waals surface area contributed by atoms with Gasteiger partial charge >= 0.3 is 0 Å². The molecular weight excluding hydrogens is 282 g/mol. The predicted octanol–water partition coefficient (Wildman–Crippen LogP) is 0.894. The van der Waals surface area contributed by atoms with Crippen molar-refractivity contribution in [2.75, 3.05) is 39.5 Å². The zero-order valence-corrected chi connectivity index (χ0v) is 13.8. The summed E-state index contributed by atoms with van der Waals surface area (Å²) in [6, 6.07) is 0. The van der Waals surface area contributed by atoms with E-state index in [9.17, 15) is 8.42 Å². The minimum Gasteiger partial charge on any atom is -0.319 e. The SMILES string of the molecule is CNCC1CCN(S(=O)(=O)NCCC(C)SC)CC1. The van der Waals surface area contributed by atoms with Gasteiger partial charge in [0.15, 0.2) is 0 Å². The van der Waals surface area contributed by atoms with Crippen molar-refractivity contribution in [1.29, 1.82) is 0 Å². The summed E-state index contributed by atoms with van der Waals surface area (Å²) in [4.78, 5) is 0. The van der Waals surface area contributed by atoms with Gasteiger partial charge in [-0.25, -0.2) is 4.72 Å². The lowest BCUT2D eigenvalue weighted by atomic mass is 9.98. The molecule has 0 radical (unpaired) electrons. The summed E-state index contributed by atoms with van der Waals surface area (Å²) in [5.41, 5.74) is 0. The molecule has 1 saturated heterocycles. The van der Waals surface area contributed by atoms with Crippen molar-refractivity contribution in [2.45, 2.75) is 31.4 Å². The van der Waals surface area contributed by atoms with E-state index >= 15 is 0 Å². The fourth-order valence-electron chi connectivity index (χ4n) is 2.24. The lowest BCUT2D eigenvalue weighted by molar-refractivity contribution is 0.268. The van der Waals surface area contributed by atoms with Crippen LogP contribution < -0.4 is 10.0 Å². The number of rotatable bonds is 8. The maximum atomic E-state index is 12.1. The third-order valence-electron chi connectivity index (χ3n) is 3.64. The summed E-state index contributed by atoms with van der Waals surface area (Å²) >= 11 is 1.76. The minimum atomic E-state index is -3.27. The Kier molecular flexibility index (Phi) is 7.68. The molecule has 1 atom stereocenters. The van der Waals surface area contributed by atoms with Crippen LogP contribution in [-0.2, 0) is 10.2 Å². The zero-order valence-electron chi connectivity index (χ0n) is 12.2. The molecule has 5 nitrogen and oxygen atoms in total. The van der Waals surface area contributed by atoms with E-state index in [0.717, 1.165) is 25.8 Å². The highest BCUT2D eigenvalue weighted by molar-refractivity contribution is 7.99. The second kappa shape index (κ2) is 8.46. The van der Waals surface area contributed by atoms with Gasteiger partial charge in [0.05, 0.1) is 0 Å². The first-order valence-corrected chi connectivity index (χ1v) is 9.64. The summed E-state index contributed by atoms with van der Waals surface area (Å²) in [6.07, 6.45) is 4.81. The van der Waals surface area contributed by atoms with Crippen LogP contribution in [-0.4, -0.2) is 57.5 Å². The maximum absolute atomic E-state index is 12.1. The van der Waals surface area contributed by atoms with Crippen LogP contribution in [0.25, 0.3) is 0 Å². The Balaban J connectivity index is 2.34. The Hall–Kier alpha value is 0.180. The van der Waals surface area contributed by atoms with Crippen molar-refractivity contribution < 1.29 is 8.42 Å². The van der Waals surface area contributed by atoms with E-state index in [1.165, 1.54) is 0 Å². The standard InChI is InChI=1S/C12H27N3O2S2/c1-11(18-3)4-7-14-19(16,17)15-8-5-12(6-9-15)10-13-2/h11-14H,4-10H2,1-3H3. The lowest BCUT2D eigenvalue weighted by Crippen LogP contribution is -2.46. The van der Waals surface area contributed by atoms with Crippen LogP contribution in [0.4, 0.5) is 0 Å². The fraction of sp³-hybridized carbons (Fsp3) is 1.00. The smallest absolute Gasteiger partial charge is 0.279 e. The van der Waals surface area contributed by atoms with Crippen molar-refractivity contribution in [1.82, 2.24) is 14.3 Å². The fourth-order valence-corrected chi connectivity index (χ4v) is 3.85. The van der Waals surface area contributed by atoms with Crippen molar-refractivity contribution in [2.24, 2.45) is 5.92 Å². The van der Waals surface area contributed by atoms with Crippen molar-refractivity contribution in [3.63, 3.8) is 0 Å². The van der Waals surface area contributed by atoms with Crippen LogP contribution in [0.2, 0.25) is 0 Å². The van der Waals surface area contributed by atoms with Crippen LogP contribution in [0.1, 0.15) is 26.2 Å². The van der Waals surface area contributed by atoms with Crippen LogP contribution in [0.3, 0.4) is 0 Å². The molecule has 0 spiro atoms. The molecule has 0 aromatic heterocycles. The molecule has 7 heteroatoms. The van der Waals surface area contributed by atoms with Gasteiger partial charge in [0, 0.05) is 24.9 Å². The van der Waals surface area contributed by atoms with Crippen LogP contribution in [0, 0.1) is 5.92 Å². The molecule has 1 unspecified atom stereocenters. The molecule has 1 rings (SSSR count). The van der Waals surface area contributed by atoms with E-state index in [4.69, 9.17) is 0 Å². The third-order valence-corrected chi connectivity index (χ3v) is 6.30. The normalized spacial score (nSPS) is 20.6. The van der Waals surface area contributed by atoms with Crippen molar-refractivity contribution in [3.05, 3.63) is 0 Å². The van der Waals surface area contributed by atoms with Gasteiger partial charge in [0.1, 0.15) is 0 Å². The Morgan fingerprint density at radius 1 is 1.37 bits per heavy atom. The molecule has 1 fully saturated rings. The summed E-state index contributed by atoms with van der Waals surface area (Å²) in [5.74, 6) is 0.605. The Labute approximate surface area is 122 Å². The molecule has 2 N–H and O–H groups in total. The second-order valence-electron chi connectivity index (χ2n) is 5.13. The molecule has 0 bridgehead atoms. The van der Waals surface area contributed by atoms with Crippen LogP contribution in [0.15, 0.2) is 0 Å². The van der Waals surface area contributed by atoms with Gasteiger partial charge in [-0.05, 0) is 45.0 Å². The largest absolute Gasteiger partial charge is 0.319 e. The van der Waals surface area contributed by atoms with Gasteiger partial charge in [0.25, 0.3) is 10.2 Å². The lowest BCUT2D eigenvalue weighted by Gasteiger charge is -2.31. The second-order valence-corrected chi connectivity index (χ2v) is 8.17. The Morgan fingerprint density at radius 3 is 2.53 bits per heavy atom. The number of thioether (sulfide) groups is 1. The highest BCUT2D eigenvalue weighted by Gasteiger charge is 2.27. The average Bonchev–Trinajstić information content (AvgIpc) is 2.39. The number of nitrogens with one attached hydrogen (secondary N) is 2. The van der Waals surface area contributed by atoms with Gasteiger partial charge in [-0.2, -0.15) is 24.5 Å². The number of hydrogen-bond acceptors (Lipinski definition) is 4. The van der Waals surface area contributed by atoms with E-state index in [-0.39, 0.29) is 0 Å². The monoisotopic (exact) mass is 309 g/mol. The van der Waals surface area contributed by atoms with Gasteiger partial charge in [-0.3, -0.25) is 0 Å². The molecule has 1 aliphatic rings. The predicted molar refractivity (Wildman–Crippen MR) is 82.7 cm³/mol. The molecule has 19 heavy (non-hydrogen) atoms. The van der Waals surface area contributed by atoms with E-state index in [1.807, 2.05) is 13.3 Å². The maximum Gasteiger partial charge on any atom is 0.279 e. The average molecular weight is 310 g/mol. The molecule has 0 aromatic rings. The molecule has 0 aromatic carbocycles. The number of hydrogen-bond donors (Lipinski definition) is 2. The van der Waals surface area contributed by atoms with Crippen molar-refractivity contribution in [3.8, 4) is 0 Å². The van der Waals surface area contributed by atoms with Gasteiger partial charge < -0.3 is 5.32 Å². The van der Waals surface area contributed by atoms with Crippen LogP contribution >= 0.6 is 11.8 Å². The number of nitrogens with zero attached hydrogens (tertiary/aromatic N) is 1. The highest BCUT2D eigenvalue weighted by atomic mass is 32.2. The summed E-state index contributed by atoms with van der Waals surface area (Å²) < 4.78 is 28.5. The summed E-state index contributed by atoms with van der Waals surface area (Å²) in [5, 5.41) is 3.65. The minimum absolute atomic E-state index is 0.490. The molecule has 114 valence electrons. The first kappa shape index (κ1) is 17.2. The van der Waals surface area contributed by atoms with Gasteiger partial charge in [0.2, 0.25) is 0 Å². The third kappa shape index (κ3) is 5.99. The Bertz CT molecular complexity index is 341. The van der Waals surface area contributed by atoms with Crippen molar-refractivity contribution >= 4 is 22.0 Å². The molecule has 0 amide bonds. The first-order valence-electron chi connectivity index (χ1n) is 6.91. The van der Waals surface area contributed by atoms with E-state index < -0.39 is 10.2 Å². The molecule has 1 heterocycles. The Morgan fingerprint density at radius 2 is 2.00 bits per heavy atom.